The monoisotopic (exact) mass is 533 g/mol. The highest BCUT2D eigenvalue weighted by Crippen LogP contribution is 2.28. The van der Waals surface area contributed by atoms with E-state index in [9.17, 15) is 19.2 Å². The zero-order valence-corrected chi connectivity index (χ0v) is 20.3. The van der Waals surface area contributed by atoms with Crippen LogP contribution in [0.1, 0.15) is 42.5 Å². The van der Waals surface area contributed by atoms with E-state index in [4.69, 9.17) is 22.1 Å². The van der Waals surface area contributed by atoms with E-state index in [1.807, 2.05) is 0 Å². The van der Waals surface area contributed by atoms with Crippen molar-refractivity contribution in [1.82, 2.24) is 30.2 Å². The van der Waals surface area contributed by atoms with Gasteiger partial charge in [0.1, 0.15) is 17.1 Å². The summed E-state index contributed by atoms with van der Waals surface area (Å²) >= 11 is 5.22. The van der Waals surface area contributed by atoms with Crippen LogP contribution in [0.25, 0.3) is 5.78 Å². The molecule has 0 bridgehead atoms. The summed E-state index contributed by atoms with van der Waals surface area (Å²) in [6, 6.07) is 12.5. The summed E-state index contributed by atoms with van der Waals surface area (Å²) in [5.41, 5.74) is 2.00. The molecule has 2 aromatic carbocycles. The first kappa shape index (κ1) is 24.6. The van der Waals surface area contributed by atoms with Crippen molar-refractivity contribution >= 4 is 47.4 Å². The van der Waals surface area contributed by atoms with Gasteiger partial charge in [-0.25, -0.2) is 19.3 Å². The van der Waals surface area contributed by atoms with Crippen molar-refractivity contribution in [3.05, 3.63) is 81.4 Å². The SMILES string of the molecule is O=C1COc2ccc(CNC(=O)c3cc(C(=O)NCc4ccc(C(=O)O)cc4)n4c(=S)[nH]nc4n3)cc2N1. The van der Waals surface area contributed by atoms with Gasteiger partial charge in [0.15, 0.2) is 6.61 Å². The second-order valence-electron chi connectivity index (χ2n) is 8.23. The lowest BCUT2D eigenvalue weighted by Crippen LogP contribution is -2.28. The van der Waals surface area contributed by atoms with E-state index in [2.05, 4.69) is 31.1 Å². The molecular formula is C24H19N7O6S. The summed E-state index contributed by atoms with van der Waals surface area (Å²) in [5, 5.41) is 23.7. The summed E-state index contributed by atoms with van der Waals surface area (Å²) < 4.78 is 6.76. The molecule has 38 heavy (non-hydrogen) atoms. The first-order valence-electron chi connectivity index (χ1n) is 11.2. The number of aromatic amines is 1. The van der Waals surface area contributed by atoms with Gasteiger partial charge in [0.25, 0.3) is 23.5 Å². The van der Waals surface area contributed by atoms with Crippen LogP contribution in [0.15, 0.2) is 48.5 Å². The molecule has 2 aromatic heterocycles. The second kappa shape index (κ2) is 10.1. The van der Waals surface area contributed by atoms with Crippen LogP contribution in [0, 0.1) is 4.77 Å². The summed E-state index contributed by atoms with van der Waals surface area (Å²) in [4.78, 5) is 52.8. The molecule has 5 rings (SSSR count). The van der Waals surface area contributed by atoms with Crippen molar-refractivity contribution in [2.75, 3.05) is 11.9 Å². The molecular weight excluding hydrogens is 514 g/mol. The van der Waals surface area contributed by atoms with Crippen LogP contribution in [0.3, 0.4) is 0 Å². The Balaban J connectivity index is 1.32. The number of aromatic nitrogens is 4. The molecule has 1 aliphatic heterocycles. The van der Waals surface area contributed by atoms with Gasteiger partial charge in [0, 0.05) is 13.1 Å². The van der Waals surface area contributed by atoms with Gasteiger partial charge in [-0.3, -0.25) is 14.4 Å². The number of amides is 3. The Hall–Kier alpha value is -5.11. The van der Waals surface area contributed by atoms with Crippen LogP contribution in [0.2, 0.25) is 0 Å². The summed E-state index contributed by atoms with van der Waals surface area (Å²) in [6.45, 7) is 0.171. The third-order valence-electron chi connectivity index (χ3n) is 5.64. The van der Waals surface area contributed by atoms with E-state index in [1.54, 1.807) is 30.3 Å². The number of rotatable bonds is 7. The number of hydrogen-bond donors (Lipinski definition) is 5. The molecule has 1 aliphatic rings. The number of benzene rings is 2. The molecule has 0 saturated carbocycles. The van der Waals surface area contributed by atoms with Crippen LogP contribution in [-0.4, -0.2) is 55.0 Å². The fourth-order valence-corrected chi connectivity index (χ4v) is 3.98. The van der Waals surface area contributed by atoms with Gasteiger partial charge >= 0.3 is 5.97 Å². The molecule has 0 atom stereocenters. The van der Waals surface area contributed by atoms with E-state index in [0.717, 1.165) is 0 Å². The maximum Gasteiger partial charge on any atom is 0.335 e. The Bertz CT molecular complexity index is 1660. The number of aromatic carboxylic acids is 1. The lowest BCUT2D eigenvalue weighted by Gasteiger charge is -2.18. The van der Waals surface area contributed by atoms with Crippen LogP contribution < -0.4 is 20.7 Å². The van der Waals surface area contributed by atoms with Gasteiger partial charge < -0.3 is 25.8 Å². The van der Waals surface area contributed by atoms with E-state index >= 15 is 0 Å². The number of fused-ring (bicyclic) bond motifs is 2. The number of carbonyl (C=O) groups excluding carboxylic acids is 3. The Morgan fingerprint density at radius 2 is 1.74 bits per heavy atom. The van der Waals surface area contributed by atoms with Gasteiger partial charge in [0.2, 0.25) is 4.77 Å². The van der Waals surface area contributed by atoms with Crippen molar-refractivity contribution in [1.29, 1.82) is 0 Å². The summed E-state index contributed by atoms with van der Waals surface area (Å²) in [6.07, 6.45) is 0. The fourth-order valence-electron chi connectivity index (χ4n) is 3.75. The molecule has 0 fully saturated rings. The van der Waals surface area contributed by atoms with Crippen molar-refractivity contribution in [3.8, 4) is 5.75 Å². The van der Waals surface area contributed by atoms with Gasteiger partial charge in [-0.05, 0) is 53.7 Å². The van der Waals surface area contributed by atoms with Crippen LogP contribution in [0.5, 0.6) is 5.75 Å². The molecule has 14 heteroatoms. The third-order valence-corrected chi connectivity index (χ3v) is 5.91. The van der Waals surface area contributed by atoms with Crippen molar-refractivity contribution in [2.45, 2.75) is 13.1 Å². The van der Waals surface area contributed by atoms with Crippen molar-refractivity contribution < 1.29 is 29.0 Å². The lowest BCUT2D eigenvalue weighted by atomic mass is 10.1. The number of nitrogens with zero attached hydrogens (tertiary/aromatic N) is 3. The van der Waals surface area contributed by atoms with Gasteiger partial charge in [-0.1, -0.05) is 18.2 Å². The first-order chi connectivity index (χ1) is 18.3. The average molecular weight is 534 g/mol. The topological polar surface area (TPSA) is 180 Å². The molecule has 3 amide bonds. The maximum absolute atomic E-state index is 13.1. The van der Waals surface area contributed by atoms with Crippen LogP contribution >= 0.6 is 12.2 Å². The Kier molecular flexibility index (Phi) is 6.53. The van der Waals surface area contributed by atoms with Crippen molar-refractivity contribution in [3.63, 3.8) is 0 Å². The zero-order chi connectivity index (χ0) is 26.8. The number of anilines is 1. The molecule has 0 spiro atoms. The minimum atomic E-state index is -1.05. The Morgan fingerprint density at radius 1 is 1.03 bits per heavy atom. The highest BCUT2D eigenvalue weighted by molar-refractivity contribution is 7.71. The molecule has 0 aliphatic carbocycles. The molecule has 5 N–H and O–H groups in total. The van der Waals surface area contributed by atoms with E-state index < -0.39 is 17.8 Å². The largest absolute Gasteiger partial charge is 0.482 e. The normalized spacial score (nSPS) is 12.3. The number of nitrogens with one attached hydrogen (secondary N) is 4. The number of carboxylic acid groups (broad SMARTS) is 1. The summed E-state index contributed by atoms with van der Waals surface area (Å²) in [5.74, 6) is -1.85. The van der Waals surface area contributed by atoms with Gasteiger partial charge in [0.05, 0.1) is 11.3 Å². The molecule has 0 saturated heterocycles. The highest BCUT2D eigenvalue weighted by Gasteiger charge is 2.20. The minimum absolute atomic E-state index is 0.0345. The van der Waals surface area contributed by atoms with Crippen molar-refractivity contribution in [2.24, 2.45) is 0 Å². The third kappa shape index (κ3) is 5.05. The Morgan fingerprint density at radius 3 is 2.50 bits per heavy atom. The van der Waals surface area contributed by atoms with E-state index in [-0.39, 0.29) is 53.1 Å². The Labute approximate surface area is 218 Å². The number of ether oxygens (including phenoxy) is 1. The van der Waals surface area contributed by atoms with Crippen LogP contribution in [0.4, 0.5) is 5.69 Å². The molecule has 3 heterocycles. The molecule has 0 unspecified atom stereocenters. The highest BCUT2D eigenvalue weighted by atomic mass is 32.1. The molecule has 13 nitrogen and oxygen atoms in total. The molecule has 0 radical (unpaired) electrons. The van der Waals surface area contributed by atoms with E-state index in [0.29, 0.717) is 22.6 Å². The zero-order valence-electron chi connectivity index (χ0n) is 19.5. The number of hydrogen-bond acceptors (Lipinski definition) is 8. The minimum Gasteiger partial charge on any atom is -0.482 e. The number of carbonyl (C=O) groups is 4. The maximum atomic E-state index is 13.1. The smallest absolute Gasteiger partial charge is 0.335 e. The van der Waals surface area contributed by atoms with E-state index in [1.165, 1.54) is 22.6 Å². The lowest BCUT2D eigenvalue weighted by molar-refractivity contribution is -0.118. The second-order valence-corrected chi connectivity index (χ2v) is 8.61. The first-order valence-corrected chi connectivity index (χ1v) is 11.6. The fraction of sp³-hybridized carbons (Fsp3) is 0.125. The molecule has 4 aromatic rings. The molecule has 192 valence electrons. The predicted molar refractivity (Wildman–Crippen MR) is 134 cm³/mol. The summed E-state index contributed by atoms with van der Waals surface area (Å²) in [7, 11) is 0. The van der Waals surface area contributed by atoms with Gasteiger partial charge in [-0.2, -0.15) is 0 Å². The quantitative estimate of drug-likeness (QED) is 0.221. The predicted octanol–water partition coefficient (Wildman–Crippen LogP) is 1.68. The van der Waals surface area contributed by atoms with Crippen LogP contribution in [-0.2, 0) is 17.9 Å². The average Bonchev–Trinajstić information content (AvgIpc) is 3.30. The van der Waals surface area contributed by atoms with Gasteiger partial charge in [-0.15, -0.1) is 5.10 Å². The standard InChI is InChI=1S/C24H19N7O6S/c32-19-11-37-18-6-3-13(7-15(18)27-19)10-25-20(33)16-8-17(31-23(28-16)29-30-24(31)38)21(34)26-9-12-1-4-14(5-2-12)22(35)36/h1-8H,9-11H2,(H,25,33)(H,26,34)(H,27,32)(H,30,38)(H,35,36). The number of carboxylic acids is 1. The number of H-pyrrole nitrogens is 1.